The minimum absolute atomic E-state index is 0.0213. The number of rotatable bonds is 8. The number of carbonyl (C=O) groups is 1. The highest BCUT2D eigenvalue weighted by Crippen LogP contribution is 2.35. The van der Waals surface area contributed by atoms with E-state index in [-0.39, 0.29) is 11.9 Å². The summed E-state index contributed by atoms with van der Waals surface area (Å²) in [6.45, 7) is 3.52. The van der Waals surface area contributed by atoms with Crippen LogP contribution in [0.2, 0.25) is 15.1 Å². The van der Waals surface area contributed by atoms with E-state index in [1.807, 2.05) is 13.0 Å². The van der Waals surface area contributed by atoms with Crippen LogP contribution < -0.4 is 10.6 Å². The Bertz CT molecular complexity index is 484. The molecule has 7 heteroatoms. The van der Waals surface area contributed by atoms with Crippen LogP contribution >= 0.6 is 34.8 Å². The van der Waals surface area contributed by atoms with Gasteiger partial charge in [-0.3, -0.25) is 4.79 Å². The molecule has 118 valence electrons. The van der Waals surface area contributed by atoms with Crippen molar-refractivity contribution in [2.24, 2.45) is 0 Å². The smallest absolute Gasteiger partial charge is 0.221 e. The molecule has 0 saturated carbocycles. The van der Waals surface area contributed by atoms with Crippen LogP contribution in [0.25, 0.3) is 0 Å². The molecule has 1 aromatic carbocycles. The standard InChI is InChI=1S/C14H19Cl3N2O2/c1-9(10-3-4-11(15)14(17)13(10)16)18-6-5-12(20)19-7-8-21-2/h3-4,9,18H,5-8H2,1-2H3,(H,19,20). The molecule has 1 rings (SSSR count). The number of amides is 1. The summed E-state index contributed by atoms with van der Waals surface area (Å²) in [5, 5.41) is 7.20. The van der Waals surface area contributed by atoms with E-state index in [1.165, 1.54) is 0 Å². The number of hydrogen-bond acceptors (Lipinski definition) is 3. The minimum atomic E-state index is -0.0287. The van der Waals surface area contributed by atoms with E-state index in [1.54, 1.807) is 13.2 Å². The first-order chi connectivity index (χ1) is 9.97. The summed E-state index contributed by atoms with van der Waals surface area (Å²) in [6.07, 6.45) is 0.382. The third kappa shape index (κ3) is 6.01. The van der Waals surface area contributed by atoms with Crippen molar-refractivity contribution in [3.8, 4) is 0 Å². The molecule has 4 nitrogen and oxygen atoms in total. The molecule has 0 aromatic heterocycles. The molecule has 1 amide bonds. The molecule has 0 aliphatic heterocycles. The summed E-state index contributed by atoms with van der Waals surface area (Å²) in [5.41, 5.74) is 0.853. The van der Waals surface area contributed by atoms with Crippen molar-refractivity contribution in [1.29, 1.82) is 0 Å². The molecule has 0 radical (unpaired) electrons. The predicted molar refractivity (Wildman–Crippen MR) is 87.4 cm³/mol. The van der Waals surface area contributed by atoms with Gasteiger partial charge in [0.1, 0.15) is 0 Å². The molecule has 0 heterocycles. The SMILES string of the molecule is COCCNC(=O)CCNC(C)c1ccc(Cl)c(Cl)c1Cl. The number of benzene rings is 1. The first kappa shape index (κ1) is 18.5. The van der Waals surface area contributed by atoms with Crippen LogP contribution in [0.3, 0.4) is 0 Å². The monoisotopic (exact) mass is 352 g/mol. The number of hydrogen-bond donors (Lipinski definition) is 2. The molecule has 1 unspecified atom stereocenters. The Morgan fingerprint density at radius 2 is 1.95 bits per heavy atom. The number of nitrogens with one attached hydrogen (secondary N) is 2. The zero-order chi connectivity index (χ0) is 15.8. The quantitative estimate of drug-likeness (QED) is 0.556. The highest BCUT2D eigenvalue weighted by molar-refractivity contribution is 6.48. The number of ether oxygens (including phenoxy) is 1. The summed E-state index contributed by atoms with van der Waals surface area (Å²) < 4.78 is 4.86. The third-order valence-electron chi connectivity index (χ3n) is 2.96. The van der Waals surface area contributed by atoms with Gasteiger partial charge in [0.25, 0.3) is 0 Å². The van der Waals surface area contributed by atoms with Gasteiger partial charge in [0.2, 0.25) is 5.91 Å². The van der Waals surface area contributed by atoms with Gasteiger partial charge in [-0.15, -0.1) is 0 Å². The second kappa shape index (κ2) is 9.49. The van der Waals surface area contributed by atoms with Crippen LogP contribution in [0.1, 0.15) is 24.9 Å². The van der Waals surface area contributed by atoms with E-state index in [2.05, 4.69) is 10.6 Å². The summed E-state index contributed by atoms with van der Waals surface area (Å²) in [5.74, 6) is -0.0213. The first-order valence-electron chi connectivity index (χ1n) is 6.59. The third-order valence-corrected chi connectivity index (χ3v) is 4.27. The lowest BCUT2D eigenvalue weighted by atomic mass is 10.1. The topological polar surface area (TPSA) is 50.4 Å². The first-order valence-corrected chi connectivity index (χ1v) is 7.73. The van der Waals surface area contributed by atoms with Crippen LogP contribution in [-0.4, -0.2) is 32.7 Å². The Labute approximate surface area is 140 Å². The molecule has 21 heavy (non-hydrogen) atoms. The van der Waals surface area contributed by atoms with E-state index in [0.717, 1.165) is 5.56 Å². The molecule has 0 fully saturated rings. The second-order valence-corrected chi connectivity index (χ2v) is 5.70. The lowest BCUT2D eigenvalue weighted by Gasteiger charge is -2.16. The average Bonchev–Trinajstić information content (AvgIpc) is 2.45. The van der Waals surface area contributed by atoms with Gasteiger partial charge in [-0.05, 0) is 18.6 Å². The van der Waals surface area contributed by atoms with Gasteiger partial charge in [0, 0.05) is 32.7 Å². The average molecular weight is 354 g/mol. The maximum atomic E-state index is 11.5. The van der Waals surface area contributed by atoms with Crippen molar-refractivity contribution >= 4 is 40.7 Å². The molecule has 0 saturated heterocycles. The number of halogens is 3. The zero-order valence-electron chi connectivity index (χ0n) is 12.0. The van der Waals surface area contributed by atoms with Gasteiger partial charge in [-0.25, -0.2) is 0 Å². The molecule has 1 aromatic rings. The van der Waals surface area contributed by atoms with Crippen molar-refractivity contribution in [1.82, 2.24) is 10.6 Å². The van der Waals surface area contributed by atoms with Gasteiger partial charge in [-0.1, -0.05) is 40.9 Å². The number of carbonyl (C=O) groups excluding carboxylic acids is 1. The maximum absolute atomic E-state index is 11.5. The highest BCUT2D eigenvalue weighted by Gasteiger charge is 2.14. The molecule has 0 aliphatic carbocycles. The zero-order valence-corrected chi connectivity index (χ0v) is 14.3. The van der Waals surface area contributed by atoms with Gasteiger partial charge < -0.3 is 15.4 Å². The lowest BCUT2D eigenvalue weighted by Crippen LogP contribution is -2.30. The van der Waals surface area contributed by atoms with E-state index >= 15 is 0 Å². The van der Waals surface area contributed by atoms with Gasteiger partial charge in [-0.2, -0.15) is 0 Å². The summed E-state index contributed by atoms with van der Waals surface area (Å²) >= 11 is 18.1. The molecular formula is C14H19Cl3N2O2. The van der Waals surface area contributed by atoms with Crippen molar-refractivity contribution in [3.63, 3.8) is 0 Å². The fraction of sp³-hybridized carbons (Fsp3) is 0.500. The summed E-state index contributed by atoms with van der Waals surface area (Å²) in [7, 11) is 1.59. The Morgan fingerprint density at radius 3 is 2.62 bits per heavy atom. The van der Waals surface area contributed by atoms with Crippen LogP contribution in [0.15, 0.2) is 12.1 Å². The van der Waals surface area contributed by atoms with Gasteiger partial charge in [0.15, 0.2) is 0 Å². The molecule has 1 atom stereocenters. The molecule has 0 aliphatic rings. The van der Waals surface area contributed by atoms with E-state index in [4.69, 9.17) is 39.5 Å². The Hall–Kier alpha value is -0.520. The Morgan fingerprint density at radius 1 is 1.24 bits per heavy atom. The second-order valence-electron chi connectivity index (χ2n) is 4.53. The van der Waals surface area contributed by atoms with Crippen molar-refractivity contribution in [2.75, 3.05) is 26.8 Å². The lowest BCUT2D eigenvalue weighted by molar-refractivity contribution is -0.121. The van der Waals surface area contributed by atoms with E-state index in [0.29, 0.717) is 41.2 Å². The normalized spacial score (nSPS) is 12.2. The van der Waals surface area contributed by atoms with E-state index < -0.39 is 0 Å². The molecule has 0 bridgehead atoms. The number of methoxy groups -OCH3 is 1. The fourth-order valence-corrected chi connectivity index (χ4v) is 2.47. The van der Waals surface area contributed by atoms with Crippen LogP contribution in [0.4, 0.5) is 0 Å². The van der Waals surface area contributed by atoms with Gasteiger partial charge >= 0.3 is 0 Å². The van der Waals surface area contributed by atoms with Crippen molar-refractivity contribution < 1.29 is 9.53 Å². The maximum Gasteiger partial charge on any atom is 0.221 e. The molecule has 0 spiro atoms. The largest absolute Gasteiger partial charge is 0.383 e. The van der Waals surface area contributed by atoms with Crippen molar-refractivity contribution in [2.45, 2.75) is 19.4 Å². The highest BCUT2D eigenvalue weighted by atomic mass is 35.5. The Kier molecular flexibility index (Phi) is 8.37. The van der Waals surface area contributed by atoms with Crippen LogP contribution in [0.5, 0.6) is 0 Å². The van der Waals surface area contributed by atoms with Crippen LogP contribution in [-0.2, 0) is 9.53 Å². The fourth-order valence-electron chi connectivity index (χ4n) is 1.77. The van der Waals surface area contributed by atoms with Crippen molar-refractivity contribution in [3.05, 3.63) is 32.8 Å². The molecule has 2 N–H and O–H groups in total. The molecular weight excluding hydrogens is 335 g/mol. The minimum Gasteiger partial charge on any atom is -0.383 e. The van der Waals surface area contributed by atoms with E-state index in [9.17, 15) is 4.79 Å². The summed E-state index contributed by atoms with van der Waals surface area (Å²) in [6, 6.07) is 3.51. The van der Waals surface area contributed by atoms with Crippen LogP contribution in [0, 0.1) is 0 Å². The van der Waals surface area contributed by atoms with Gasteiger partial charge in [0.05, 0.1) is 21.7 Å². The Balaban J connectivity index is 2.42. The predicted octanol–water partition coefficient (Wildman–Crippen LogP) is 3.45. The summed E-state index contributed by atoms with van der Waals surface area (Å²) in [4.78, 5) is 11.5.